The minimum Gasteiger partial charge on any atom is -0.461 e. The number of amides is 1. The zero-order chi connectivity index (χ0) is 44.2. The highest BCUT2D eigenvalue weighted by molar-refractivity contribution is 6.02. The van der Waals surface area contributed by atoms with Crippen LogP contribution in [0.4, 0.5) is 29.9 Å². The molecule has 4 aliphatic heterocycles. The summed E-state index contributed by atoms with van der Waals surface area (Å²) in [5.74, 6) is 1.60. The molecule has 0 radical (unpaired) electrons. The third kappa shape index (κ3) is 7.88. The Kier molecular flexibility index (Phi) is 10.7. The number of nitro benzene ring substituents is 1. The van der Waals surface area contributed by atoms with Gasteiger partial charge >= 0.3 is 18.3 Å². The lowest BCUT2D eigenvalue weighted by Gasteiger charge is -2.42. The van der Waals surface area contributed by atoms with Crippen LogP contribution in [0.15, 0.2) is 60.8 Å². The number of non-ortho nitro benzene ring substituents is 1. The van der Waals surface area contributed by atoms with Gasteiger partial charge in [0, 0.05) is 48.4 Å². The van der Waals surface area contributed by atoms with Crippen LogP contribution in [-0.4, -0.2) is 104 Å². The van der Waals surface area contributed by atoms with Gasteiger partial charge in [-0.15, -0.1) is 6.42 Å². The van der Waals surface area contributed by atoms with Gasteiger partial charge in [-0.2, -0.15) is 9.97 Å². The van der Waals surface area contributed by atoms with Gasteiger partial charge in [0.1, 0.15) is 47.4 Å². The quantitative estimate of drug-likeness (QED) is 0.0459. The highest BCUT2D eigenvalue weighted by Gasteiger charge is 2.50. The van der Waals surface area contributed by atoms with Crippen LogP contribution >= 0.6 is 0 Å². The first-order valence-electron chi connectivity index (χ1n) is 21.0. The van der Waals surface area contributed by atoms with E-state index in [-0.39, 0.29) is 71.7 Å². The van der Waals surface area contributed by atoms with Gasteiger partial charge in [0.2, 0.25) is 0 Å². The predicted octanol–water partition coefficient (Wildman–Crippen LogP) is 8.19. The second-order valence-electron chi connectivity index (χ2n) is 17.6. The van der Waals surface area contributed by atoms with E-state index in [0.717, 1.165) is 38.6 Å². The lowest BCUT2D eigenvalue weighted by molar-refractivity contribution is -0.384. The molecule has 4 atom stereocenters. The summed E-state index contributed by atoms with van der Waals surface area (Å²) in [5.41, 5.74) is -1.03. The summed E-state index contributed by atoms with van der Waals surface area (Å²) in [4.78, 5) is 56.7. The number of hydrogen-bond donors (Lipinski definition) is 0. The number of hydrogen-bond acceptors (Lipinski definition) is 13. The first-order chi connectivity index (χ1) is 30.2. The van der Waals surface area contributed by atoms with Crippen LogP contribution < -0.4 is 14.4 Å². The van der Waals surface area contributed by atoms with Gasteiger partial charge in [0.15, 0.2) is 5.82 Å². The molecule has 2 bridgehead atoms. The Balaban J connectivity index is 1.01. The van der Waals surface area contributed by atoms with Crippen LogP contribution in [0.1, 0.15) is 64.9 Å². The number of nitrogens with zero attached hydrogens (tertiary/aromatic N) is 7. The Labute approximate surface area is 361 Å². The van der Waals surface area contributed by atoms with Gasteiger partial charge in [0.05, 0.1) is 33.5 Å². The average Bonchev–Trinajstić information content (AvgIpc) is 3.91. The Bertz CT molecular complexity index is 2670. The van der Waals surface area contributed by atoms with Crippen LogP contribution in [0, 0.1) is 34.1 Å². The summed E-state index contributed by atoms with van der Waals surface area (Å²) in [6.45, 7) is 7.29. The minimum atomic E-state index is -0.922. The average molecular weight is 862 g/mol. The molecule has 0 N–H and O–H groups in total. The van der Waals surface area contributed by atoms with E-state index in [2.05, 4.69) is 20.8 Å². The number of carbonyl (C=O) groups excluding carboxylic acids is 2. The van der Waals surface area contributed by atoms with E-state index >= 15 is 8.78 Å². The summed E-state index contributed by atoms with van der Waals surface area (Å²) < 4.78 is 55.3. The number of piperazine rings is 1. The van der Waals surface area contributed by atoms with Crippen molar-refractivity contribution in [2.24, 2.45) is 0 Å². The highest BCUT2D eigenvalue weighted by atomic mass is 19.1. The molecule has 326 valence electrons. The molecule has 1 amide bonds. The summed E-state index contributed by atoms with van der Waals surface area (Å²) in [7, 11) is 0. The molecule has 4 saturated heterocycles. The van der Waals surface area contributed by atoms with E-state index in [1.165, 1.54) is 36.5 Å². The zero-order valence-electron chi connectivity index (χ0n) is 35.0. The normalized spacial score (nSPS) is 21.9. The molecule has 2 aromatic heterocycles. The van der Waals surface area contributed by atoms with E-state index in [1.807, 2.05) is 30.6 Å². The minimum absolute atomic E-state index is 0.00264. The fourth-order valence-electron chi connectivity index (χ4n) is 9.81. The molecule has 15 nitrogen and oxygen atoms in total. The van der Waals surface area contributed by atoms with Gasteiger partial charge in [0.25, 0.3) is 5.69 Å². The Morgan fingerprint density at radius 1 is 1.02 bits per heavy atom. The molecule has 3 unspecified atom stereocenters. The summed E-state index contributed by atoms with van der Waals surface area (Å²) in [6.07, 6.45) is 10.6. The smallest absolute Gasteiger partial charge is 0.461 e. The van der Waals surface area contributed by atoms with E-state index in [1.54, 1.807) is 24.3 Å². The molecule has 17 heteroatoms. The molecule has 6 heterocycles. The maximum absolute atomic E-state index is 17.3. The molecule has 3 aromatic carbocycles. The number of nitro groups is 1. The fourth-order valence-corrected chi connectivity index (χ4v) is 9.81. The second-order valence-corrected chi connectivity index (χ2v) is 17.6. The lowest BCUT2D eigenvalue weighted by atomic mass is 9.95. The molecule has 0 aliphatic carbocycles. The number of halogens is 2. The fraction of sp³-hybridized carbons (Fsp3) is 0.413. The van der Waals surface area contributed by atoms with Gasteiger partial charge in [-0.25, -0.2) is 18.4 Å². The molecule has 4 aliphatic rings. The van der Waals surface area contributed by atoms with E-state index < -0.39 is 33.9 Å². The van der Waals surface area contributed by atoms with Crippen LogP contribution in [0.5, 0.6) is 11.8 Å². The van der Waals surface area contributed by atoms with Crippen molar-refractivity contribution in [3.8, 4) is 35.4 Å². The molecule has 4 fully saturated rings. The summed E-state index contributed by atoms with van der Waals surface area (Å²) in [6, 6.07) is 12.6. The Morgan fingerprint density at radius 2 is 1.78 bits per heavy atom. The first-order valence-corrected chi connectivity index (χ1v) is 21.0. The van der Waals surface area contributed by atoms with Crippen molar-refractivity contribution >= 4 is 45.4 Å². The maximum atomic E-state index is 17.3. The van der Waals surface area contributed by atoms with E-state index in [0.29, 0.717) is 47.1 Å². The third-order valence-electron chi connectivity index (χ3n) is 12.6. The second kappa shape index (κ2) is 16.2. The number of ether oxygens (including phenoxy) is 4. The van der Waals surface area contributed by atoms with E-state index in [4.69, 9.17) is 30.4 Å². The van der Waals surface area contributed by atoms with Crippen molar-refractivity contribution in [1.82, 2.24) is 24.8 Å². The Hall–Kier alpha value is -6.67. The topological polar surface area (TPSA) is 163 Å². The van der Waals surface area contributed by atoms with Gasteiger partial charge in [-0.05, 0) is 89.4 Å². The van der Waals surface area contributed by atoms with Gasteiger partial charge in [-0.3, -0.25) is 24.9 Å². The summed E-state index contributed by atoms with van der Waals surface area (Å²) >= 11 is 0. The number of rotatable bonds is 9. The monoisotopic (exact) mass is 861 g/mol. The molecule has 5 aromatic rings. The van der Waals surface area contributed by atoms with Crippen molar-refractivity contribution in [3.05, 3.63) is 88.1 Å². The van der Waals surface area contributed by atoms with Crippen LogP contribution in [0.3, 0.4) is 0 Å². The van der Waals surface area contributed by atoms with Crippen molar-refractivity contribution in [2.45, 2.75) is 88.6 Å². The van der Waals surface area contributed by atoms with Crippen LogP contribution in [0.2, 0.25) is 0 Å². The van der Waals surface area contributed by atoms with Crippen molar-refractivity contribution in [2.75, 3.05) is 37.7 Å². The highest BCUT2D eigenvalue weighted by Crippen LogP contribution is 2.44. The predicted molar refractivity (Wildman–Crippen MR) is 227 cm³/mol. The van der Waals surface area contributed by atoms with Crippen molar-refractivity contribution in [1.29, 1.82) is 0 Å². The Morgan fingerprint density at radius 3 is 2.49 bits per heavy atom. The lowest BCUT2D eigenvalue weighted by Crippen LogP contribution is -2.57. The number of benzene rings is 3. The molecular formula is C46H45F2N7O8. The largest absolute Gasteiger partial charge is 0.513 e. The SMILES string of the molecule is C#Cc1c(F)ccc2cccc(-c3ncc4c(N5CC6CCC(C5)N6C(=O)OC(C)(C)C)nc(OCC56CCCN5[C@@H](COC(=O)Oc5ccc([N+](=O)[O-])cc5)CC6)nc4c3F)c12. The van der Waals surface area contributed by atoms with Gasteiger partial charge < -0.3 is 23.8 Å². The molecule has 9 rings (SSSR count). The van der Waals surface area contributed by atoms with Crippen LogP contribution in [0.25, 0.3) is 32.9 Å². The number of fused-ring (bicyclic) bond motifs is 5. The molecule has 63 heavy (non-hydrogen) atoms. The van der Waals surface area contributed by atoms with Gasteiger partial charge in [-0.1, -0.05) is 30.2 Å². The van der Waals surface area contributed by atoms with Crippen molar-refractivity contribution < 1.29 is 42.2 Å². The first kappa shape index (κ1) is 41.7. The zero-order valence-corrected chi connectivity index (χ0v) is 35.0. The third-order valence-corrected chi connectivity index (χ3v) is 12.6. The van der Waals surface area contributed by atoms with Crippen molar-refractivity contribution in [3.63, 3.8) is 0 Å². The standard InChI is InChI=1S/C46H45F2N7O8/c1-5-33-36(47)17-10-27-8-6-9-34(37(27)33)39-38(48)40-35(22-49-39)41(52-23-29-11-12-30(24-52)54(29)43(56)63-45(2,3)4)51-42(50-40)61-26-46-19-7-21-53(46)31(18-20-46)25-60-44(57)62-32-15-13-28(14-16-32)55(58)59/h1,6,8-10,13-17,22,29-31H,7,11-12,18-21,23-26H2,2-4H3/t29?,30?,31-,46?/m1/s1. The number of pyridine rings is 1. The van der Waals surface area contributed by atoms with E-state index in [9.17, 15) is 19.7 Å². The number of terminal acetylenes is 1. The number of anilines is 1. The number of carbonyl (C=O) groups is 2. The number of aromatic nitrogens is 3. The molecule has 0 saturated carbocycles. The summed E-state index contributed by atoms with van der Waals surface area (Å²) in [5, 5.41) is 12.3. The molecular weight excluding hydrogens is 817 g/mol. The molecule has 0 spiro atoms. The maximum Gasteiger partial charge on any atom is 0.513 e. The van der Waals surface area contributed by atoms with Crippen LogP contribution in [-0.2, 0) is 9.47 Å².